The van der Waals surface area contributed by atoms with Gasteiger partial charge in [0.15, 0.2) is 0 Å². The number of hydrogen-bond acceptors (Lipinski definition) is 4. The molecule has 27 heavy (non-hydrogen) atoms. The van der Waals surface area contributed by atoms with Gasteiger partial charge in [-0.3, -0.25) is 14.9 Å². The van der Waals surface area contributed by atoms with E-state index in [1.165, 1.54) is 18.2 Å². The van der Waals surface area contributed by atoms with E-state index in [4.69, 9.17) is 16.3 Å². The molecule has 0 spiro atoms. The van der Waals surface area contributed by atoms with Crippen LogP contribution in [0.2, 0.25) is 5.02 Å². The Kier molecular flexibility index (Phi) is 6.44. The largest absolute Gasteiger partial charge is 0.496 e. The van der Waals surface area contributed by atoms with Crippen LogP contribution in [0, 0.1) is 17.0 Å². The minimum absolute atomic E-state index is 0.0768. The number of non-ortho nitro benzene ring substituents is 1. The lowest BCUT2D eigenvalue weighted by atomic mass is 9.93. The molecule has 2 rings (SSSR count). The van der Waals surface area contributed by atoms with Crippen molar-refractivity contribution in [1.82, 2.24) is 5.32 Å². The maximum absolute atomic E-state index is 12.6. The fourth-order valence-corrected chi connectivity index (χ4v) is 3.17. The molecule has 2 aromatic carbocycles. The normalized spacial score (nSPS) is 12.0. The molecule has 1 atom stereocenters. The molecule has 0 saturated carbocycles. The molecule has 7 heteroatoms. The number of amides is 1. The van der Waals surface area contributed by atoms with Gasteiger partial charge in [-0.1, -0.05) is 25.4 Å². The molecule has 1 N–H and O–H groups in total. The first-order chi connectivity index (χ1) is 12.6. The van der Waals surface area contributed by atoms with Gasteiger partial charge < -0.3 is 10.1 Å². The number of carbonyl (C=O) groups is 1. The quantitative estimate of drug-likeness (QED) is 0.544. The van der Waals surface area contributed by atoms with E-state index in [0.717, 1.165) is 22.4 Å². The number of methoxy groups -OCH3 is 1. The Morgan fingerprint density at radius 1 is 1.19 bits per heavy atom. The van der Waals surface area contributed by atoms with Gasteiger partial charge in [0.05, 0.1) is 28.7 Å². The average Bonchev–Trinajstić information content (AvgIpc) is 2.60. The number of hydrogen-bond donors (Lipinski definition) is 1. The zero-order chi connectivity index (χ0) is 20.3. The molecule has 0 heterocycles. The van der Waals surface area contributed by atoms with Crippen molar-refractivity contribution in [2.24, 2.45) is 0 Å². The van der Waals surface area contributed by atoms with Crippen LogP contribution in [0.25, 0.3) is 0 Å². The highest BCUT2D eigenvalue weighted by Gasteiger charge is 2.20. The zero-order valence-electron chi connectivity index (χ0n) is 16.0. The maximum atomic E-state index is 12.6. The molecule has 144 valence electrons. The number of nitrogens with one attached hydrogen (secondary N) is 1. The first-order valence-corrected chi connectivity index (χ1v) is 8.96. The van der Waals surface area contributed by atoms with E-state index in [1.54, 1.807) is 7.11 Å². The number of carbonyl (C=O) groups excluding carboxylic acids is 1. The molecule has 0 fully saturated rings. The second kappa shape index (κ2) is 8.39. The Bertz CT molecular complexity index is 881. The summed E-state index contributed by atoms with van der Waals surface area (Å²) in [5.74, 6) is 0.609. The van der Waals surface area contributed by atoms with Crippen LogP contribution < -0.4 is 10.1 Å². The Labute approximate surface area is 163 Å². The Balaban J connectivity index is 2.33. The van der Waals surface area contributed by atoms with E-state index in [-0.39, 0.29) is 28.2 Å². The van der Waals surface area contributed by atoms with Gasteiger partial charge in [0, 0.05) is 12.1 Å². The summed E-state index contributed by atoms with van der Waals surface area (Å²) in [6.07, 6.45) is 0. The summed E-state index contributed by atoms with van der Waals surface area (Å²) in [5.41, 5.74) is 2.88. The van der Waals surface area contributed by atoms with Gasteiger partial charge in [0.2, 0.25) is 0 Å². The molecule has 0 saturated heterocycles. The van der Waals surface area contributed by atoms with Gasteiger partial charge in [-0.05, 0) is 54.7 Å². The fraction of sp³-hybridized carbons (Fsp3) is 0.350. The van der Waals surface area contributed by atoms with Crippen LogP contribution >= 0.6 is 11.6 Å². The van der Waals surface area contributed by atoms with Gasteiger partial charge in [-0.2, -0.15) is 0 Å². The molecule has 0 aliphatic carbocycles. The molecule has 0 bridgehead atoms. The summed E-state index contributed by atoms with van der Waals surface area (Å²) in [7, 11) is 1.63. The van der Waals surface area contributed by atoms with Crippen molar-refractivity contribution < 1.29 is 14.5 Å². The standard InChI is InChI=1S/C20H23ClN2O4/c1-11(2)15-10-16(12(3)8-19(15)27-5)13(4)22-20(24)17-9-14(23(25)26)6-7-18(17)21/h6-11,13H,1-5H3,(H,22,24)/t13-/m0/s1. The maximum Gasteiger partial charge on any atom is 0.270 e. The van der Waals surface area contributed by atoms with Crippen molar-refractivity contribution in [2.75, 3.05) is 7.11 Å². The number of nitrogens with zero attached hydrogens (tertiary/aromatic N) is 1. The Morgan fingerprint density at radius 2 is 1.85 bits per heavy atom. The second-order valence-electron chi connectivity index (χ2n) is 6.72. The first-order valence-electron chi connectivity index (χ1n) is 8.59. The topological polar surface area (TPSA) is 81.5 Å². The molecule has 0 aliphatic heterocycles. The van der Waals surface area contributed by atoms with E-state index >= 15 is 0 Å². The summed E-state index contributed by atoms with van der Waals surface area (Å²) in [5, 5.41) is 14.0. The molecule has 1 amide bonds. The highest BCUT2D eigenvalue weighted by atomic mass is 35.5. The monoisotopic (exact) mass is 390 g/mol. The van der Waals surface area contributed by atoms with Crippen LogP contribution in [0.3, 0.4) is 0 Å². The summed E-state index contributed by atoms with van der Waals surface area (Å²) >= 11 is 6.06. The smallest absolute Gasteiger partial charge is 0.270 e. The molecule has 6 nitrogen and oxygen atoms in total. The average molecular weight is 391 g/mol. The third kappa shape index (κ3) is 4.57. The van der Waals surface area contributed by atoms with Crippen LogP contribution in [0.15, 0.2) is 30.3 Å². The number of aryl methyl sites for hydroxylation is 1. The fourth-order valence-electron chi connectivity index (χ4n) is 2.96. The number of nitro benzene ring substituents is 1. The zero-order valence-corrected chi connectivity index (χ0v) is 16.8. The molecule has 0 unspecified atom stereocenters. The first kappa shape index (κ1) is 20.7. The van der Waals surface area contributed by atoms with Gasteiger partial charge in [0.1, 0.15) is 5.75 Å². The summed E-state index contributed by atoms with van der Waals surface area (Å²) in [6, 6.07) is 7.48. The van der Waals surface area contributed by atoms with Crippen LogP contribution in [0.5, 0.6) is 5.75 Å². The van der Waals surface area contributed by atoms with Crippen LogP contribution in [-0.2, 0) is 0 Å². The van der Waals surface area contributed by atoms with Crippen molar-refractivity contribution in [2.45, 2.75) is 39.7 Å². The third-order valence-electron chi connectivity index (χ3n) is 4.46. The molecule has 0 aromatic heterocycles. The highest BCUT2D eigenvalue weighted by molar-refractivity contribution is 6.34. The summed E-state index contributed by atoms with van der Waals surface area (Å²) in [4.78, 5) is 23.0. The van der Waals surface area contributed by atoms with Crippen molar-refractivity contribution in [3.05, 3.63) is 67.7 Å². The lowest BCUT2D eigenvalue weighted by molar-refractivity contribution is -0.384. The highest BCUT2D eigenvalue weighted by Crippen LogP contribution is 2.32. The summed E-state index contributed by atoms with van der Waals surface area (Å²) in [6.45, 7) is 7.96. The lowest BCUT2D eigenvalue weighted by Gasteiger charge is -2.21. The minimum Gasteiger partial charge on any atom is -0.496 e. The molecular formula is C20H23ClN2O4. The molecule has 2 aromatic rings. The number of rotatable bonds is 6. The van der Waals surface area contributed by atoms with Gasteiger partial charge in [-0.25, -0.2) is 0 Å². The van der Waals surface area contributed by atoms with E-state index in [2.05, 4.69) is 19.2 Å². The van der Waals surface area contributed by atoms with E-state index < -0.39 is 10.8 Å². The van der Waals surface area contributed by atoms with Crippen molar-refractivity contribution in [3.63, 3.8) is 0 Å². The SMILES string of the molecule is COc1cc(C)c([C@H](C)NC(=O)c2cc([N+](=O)[O-])ccc2Cl)cc1C(C)C. The van der Waals surface area contributed by atoms with Crippen molar-refractivity contribution >= 4 is 23.2 Å². The number of nitro groups is 1. The molecular weight excluding hydrogens is 368 g/mol. The van der Waals surface area contributed by atoms with Gasteiger partial charge in [-0.15, -0.1) is 0 Å². The van der Waals surface area contributed by atoms with Crippen molar-refractivity contribution in [1.29, 1.82) is 0 Å². The van der Waals surface area contributed by atoms with E-state index in [1.807, 2.05) is 26.0 Å². The van der Waals surface area contributed by atoms with Gasteiger partial charge >= 0.3 is 0 Å². The number of ether oxygens (including phenoxy) is 1. The van der Waals surface area contributed by atoms with E-state index in [0.29, 0.717) is 0 Å². The molecule has 0 radical (unpaired) electrons. The molecule has 0 aliphatic rings. The van der Waals surface area contributed by atoms with Gasteiger partial charge in [0.25, 0.3) is 11.6 Å². The summed E-state index contributed by atoms with van der Waals surface area (Å²) < 4.78 is 5.46. The minimum atomic E-state index is -0.556. The number of benzene rings is 2. The van der Waals surface area contributed by atoms with Crippen LogP contribution in [0.1, 0.15) is 59.8 Å². The second-order valence-corrected chi connectivity index (χ2v) is 7.13. The lowest BCUT2D eigenvalue weighted by Crippen LogP contribution is -2.27. The van der Waals surface area contributed by atoms with Crippen LogP contribution in [-0.4, -0.2) is 17.9 Å². The predicted octanol–water partition coefficient (Wildman–Crippen LogP) is 5.18. The Morgan fingerprint density at radius 3 is 2.41 bits per heavy atom. The number of halogens is 1. The third-order valence-corrected chi connectivity index (χ3v) is 4.79. The Hall–Kier alpha value is -2.60. The van der Waals surface area contributed by atoms with Crippen LogP contribution in [0.4, 0.5) is 5.69 Å². The van der Waals surface area contributed by atoms with E-state index in [9.17, 15) is 14.9 Å². The predicted molar refractivity (Wildman–Crippen MR) is 106 cm³/mol. The van der Waals surface area contributed by atoms with Crippen molar-refractivity contribution in [3.8, 4) is 5.75 Å².